The zero-order valence-electron chi connectivity index (χ0n) is 33.8. The van der Waals surface area contributed by atoms with E-state index >= 15 is 0 Å². The second-order valence-corrected chi connectivity index (χ2v) is 17.8. The molecule has 5 atom stereocenters. The minimum absolute atomic E-state index is 0.0358. The quantitative estimate of drug-likeness (QED) is 0.243. The Labute approximate surface area is 331 Å². The second-order valence-electron chi connectivity index (χ2n) is 17.8. The van der Waals surface area contributed by atoms with Gasteiger partial charge in [-0.1, -0.05) is 38.1 Å². The van der Waals surface area contributed by atoms with E-state index in [1.54, 1.807) is 6.92 Å². The summed E-state index contributed by atoms with van der Waals surface area (Å²) in [6, 6.07) is 8.82. The lowest BCUT2D eigenvalue weighted by Gasteiger charge is -2.56. The van der Waals surface area contributed by atoms with Crippen LogP contribution in [0.15, 0.2) is 35.5 Å². The van der Waals surface area contributed by atoms with Gasteiger partial charge in [-0.2, -0.15) is 0 Å². The monoisotopic (exact) mass is 770 g/mol. The first-order valence-electron chi connectivity index (χ1n) is 21.4. The molecule has 3 saturated heterocycles. The van der Waals surface area contributed by atoms with Crippen LogP contribution in [0.25, 0.3) is 11.3 Å². The highest BCUT2D eigenvalue weighted by molar-refractivity contribution is 5.95. The van der Waals surface area contributed by atoms with Gasteiger partial charge in [-0.05, 0) is 112 Å². The number of nitrogens with zero attached hydrogens (tertiary/aromatic N) is 4. The summed E-state index contributed by atoms with van der Waals surface area (Å²) in [5.74, 6) is 2.11. The van der Waals surface area contributed by atoms with E-state index in [0.29, 0.717) is 18.6 Å². The van der Waals surface area contributed by atoms with E-state index < -0.39 is 12.1 Å². The number of carbonyl (C=O) groups excluding carboxylic acids is 3. The predicted octanol–water partition coefficient (Wildman–Crippen LogP) is 5.23. The van der Waals surface area contributed by atoms with Gasteiger partial charge in [-0.3, -0.25) is 14.6 Å². The third-order valence-corrected chi connectivity index (χ3v) is 14.4. The zero-order valence-corrected chi connectivity index (χ0v) is 33.8. The van der Waals surface area contributed by atoms with Crippen molar-refractivity contribution in [1.29, 1.82) is 0 Å². The minimum atomic E-state index is -0.650. The molecule has 56 heavy (non-hydrogen) atoms. The zero-order chi connectivity index (χ0) is 39.0. The summed E-state index contributed by atoms with van der Waals surface area (Å²) in [5.41, 5.74) is 3.98. The fourth-order valence-electron chi connectivity index (χ4n) is 10.9. The molecule has 3 aliphatic carbocycles. The van der Waals surface area contributed by atoms with Crippen molar-refractivity contribution >= 4 is 23.7 Å². The van der Waals surface area contributed by atoms with E-state index in [1.807, 2.05) is 11.1 Å². The highest BCUT2D eigenvalue weighted by atomic mass is 16.5. The Morgan fingerprint density at radius 1 is 0.893 bits per heavy atom. The van der Waals surface area contributed by atoms with Gasteiger partial charge in [0, 0.05) is 32.3 Å². The standard InChI is InChI=1S/C43H62N8O5/c1-27(2)36(47-31-13-23-56-24-14-31)40(53)51-22-6-7-33(51)37-44-25-32(48-37)29-9-11-30(12-10-29)42-15-18-43(19-16-42,20-17-42)35-26-45-38(49-35)34-8-5-21-50(34)39(52)28(3)46-41(54)55-4/h9-12,25,27-28,31,33-36,47H,5-8,13-24,26H2,1-4H3,(H,44,48)(H,45,49)(H,46,54)/t28?,33-,34-,35?,36+,42?,43?/m0/s1. The number of hydrogen-bond acceptors (Lipinski definition) is 9. The molecule has 13 heteroatoms. The highest BCUT2D eigenvalue weighted by Gasteiger charge is 2.54. The molecule has 4 N–H and O–H groups in total. The molecule has 2 bridgehead atoms. The fraction of sp³-hybridized carbons (Fsp3) is 0.698. The van der Waals surface area contributed by atoms with Crippen LogP contribution in [0, 0.1) is 11.3 Å². The van der Waals surface area contributed by atoms with E-state index in [0.717, 1.165) is 87.7 Å². The number of ether oxygens (including phenoxy) is 2. The number of hydrogen-bond donors (Lipinski definition) is 4. The molecule has 6 fully saturated rings. The summed E-state index contributed by atoms with van der Waals surface area (Å²) in [6.07, 6.45) is 14.0. The molecular weight excluding hydrogens is 709 g/mol. The van der Waals surface area contributed by atoms with Gasteiger partial charge in [0.1, 0.15) is 17.7 Å². The van der Waals surface area contributed by atoms with Gasteiger partial charge in [-0.15, -0.1) is 0 Å². The molecule has 1 aromatic heterocycles. The molecule has 3 amide bonds. The molecule has 9 rings (SSSR count). The number of fused-ring (bicyclic) bond motifs is 3. The van der Waals surface area contributed by atoms with Crippen molar-refractivity contribution in [2.24, 2.45) is 16.3 Å². The van der Waals surface area contributed by atoms with Crippen LogP contribution in [-0.4, -0.2) is 114 Å². The number of alkyl carbamates (subject to hydrolysis) is 1. The summed E-state index contributed by atoms with van der Waals surface area (Å²) >= 11 is 0. The van der Waals surface area contributed by atoms with E-state index in [9.17, 15) is 14.4 Å². The van der Waals surface area contributed by atoms with Gasteiger partial charge in [0.05, 0.1) is 49.7 Å². The number of amides is 3. The Morgan fingerprint density at radius 2 is 1.55 bits per heavy atom. The number of aromatic amines is 1. The summed E-state index contributed by atoms with van der Waals surface area (Å²) in [5, 5.41) is 10.1. The van der Waals surface area contributed by atoms with Crippen molar-refractivity contribution in [3.05, 3.63) is 41.9 Å². The highest BCUT2D eigenvalue weighted by Crippen LogP contribution is 2.59. The lowest BCUT2D eigenvalue weighted by Crippen LogP contribution is -2.57. The summed E-state index contributed by atoms with van der Waals surface area (Å²) in [7, 11) is 1.31. The number of imidazole rings is 1. The van der Waals surface area contributed by atoms with Crippen LogP contribution in [0.2, 0.25) is 0 Å². The van der Waals surface area contributed by atoms with Gasteiger partial charge in [0.25, 0.3) is 0 Å². The van der Waals surface area contributed by atoms with Crippen molar-refractivity contribution in [3.8, 4) is 11.3 Å². The summed E-state index contributed by atoms with van der Waals surface area (Å²) in [6.45, 7) is 9.68. The van der Waals surface area contributed by atoms with Crippen LogP contribution in [0.1, 0.15) is 115 Å². The molecule has 4 aliphatic heterocycles. The largest absolute Gasteiger partial charge is 0.453 e. The molecule has 13 nitrogen and oxygen atoms in total. The number of H-pyrrole nitrogens is 1. The molecule has 2 aromatic rings. The van der Waals surface area contributed by atoms with Crippen LogP contribution in [-0.2, 0) is 24.5 Å². The molecule has 3 saturated carbocycles. The number of aliphatic imine (C=N–C) groups is 1. The Morgan fingerprint density at radius 3 is 2.21 bits per heavy atom. The number of aromatic nitrogens is 2. The van der Waals surface area contributed by atoms with Crippen molar-refractivity contribution in [1.82, 2.24) is 35.7 Å². The number of methoxy groups -OCH3 is 1. The molecule has 0 radical (unpaired) electrons. The van der Waals surface area contributed by atoms with Crippen LogP contribution in [0.4, 0.5) is 4.79 Å². The Bertz CT molecular complexity index is 1740. The van der Waals surface area contributed by atoms with Crippen molar-refractivity contribution in [3.63, 3.8) is 0 Å². The SMILES string of the molecule is COC(=O)NC(C)C(=O)N1CCC[C@H]1C1=NCC(C23CCC(c4ccc(-c5cnc([C@@H]6CCCN6C(=O)[C@H](NC6CCOCC6)C(C)C)[nH]5)cc4)(CC2)CC3)N1. The molecule has 0 spiro atoms. The first-order chi connectivity index (χ1) is 27.1. The van der Waals surface area contributed by atoms with Crippen molar-refractivity contribution in [2.75, 3.05) is 40.0 Å². The van der Waals surface area contributed by atoms with Gasteiger partial charge in [0.2, 0.25) is 11.8 Å². The van der Waals surface area contributed by atoms with Gasteiger partial charge in [-0.25, -0.2) is 9.78 Å². The van der Waals surface area contributed by atoms with Gasteiger partial charge in [0.15, 0.2) is 0 Å². The number of likely N-dealkylation sites (tertiary alicyclic amines) is 2. The molecular formula is C43H62N8O5. The third kappa shape index (κ3) is 7.45. The predicted molar refractivity (Wildman–Crippen MR) is 214 cm³/mol. The molecule has 5 heterocycles. The van der Waals surface area contributed by atoms with E-state index in [-0.39, 0.29) is 46.7 Å². The van der Waals surface area contributed by atoms with E-state index in [2.05, 4.69) is 63.9 Å². The smallest absolute Gasteiger partial charge is 0.407 e. The number of benzene rings is 1. The van der Waals surface area contributed by atoms with Gasteiger partial charge < -0.3 is 40.2 Å². The van der Waals surface area contributed by atoms with Crippen LogP contribution < -0.4 is 16.0 Å². The lowest BCUT2D eigenvalue weighted by molar-refractivity contribution is -0.136. The fourth-order valence-corrected chi connectivity index (χ4v) is 10.9. The summed E-state index contributed by atoms with van der Waals surface area (Å²) in [4.78, 5) is 56.4. The first kappa shape index (κ1) is 38.9. The van der Waals surface area contributed by atoms with E-state index in [4.69, 9.17) is 19.5 Å². The maximum atomic E-state index is 14.0. The summed E-state index contributed by atoms with van der Waals surface area (Å²) < 4.78 is 10.3. The first-order valence-corrected chi connectivity index (χ1v) is 21.4. The molecule has 1 aromatic carbocycles. The minimum Gasteiger partial charge on any atom is -0.453 e. The molecule has 2 unspecified atom stereocenters. The second kappa shape index (κ2) is 16.1. The third-order valence-electron chi connectivity index (χ3n) is 14.4. The average molecular weight is 771 g/mol. The molecule has 304 valence electrons. The lowest BCUT2D eigenvalue weighted by atomic mass is 9.50. The maximum Gasteiger partial charge on any atom is 0.407 e. The number of rotatable bonds is 11. The normalized spacial score (nSPS) is 30.3. The number of carbonyl (C=O) groups is 3. The van der Waals surface area contributed by atoms with Crippen LogP contribution in [0.5, 0.6) is 0 Å². The molecule has 7 aliphatic rings. The van der Waals surface area contributed by atoms with Crippen molar-refractivity contribution in [2.45, 2.75) is 139 Å². The topological polar surface area (TPSA) is 153 Å². The van der Waals surface area contributed by atoms with Crippen molar-refractivity contribution < 1.29 is 23.9 Å². The number of nitrogens with one attached hydrogen (secondary N) is 4. The Hall–Kier alpha value is -3.97. The maximum absolute atomic E-state index is 14.0. The average Bonchev–Trinajstić information content (AvgIpc) is 4.07. The van der Waals surface area contributed by atoms with E-state index in [1.165, 1.54) is 51.2 Å². The van der Waals surface area contributed by atoms with Gasteiger partial charge >= 0.3 is 6.09 Å². The van der Waals surface area contributed by atoms with Crippen LogP contribution in [0.3, 0.4) is 0 Å². The Balaban J connectivity index is 0.871. The Kier molecular flexibility index (Phi) is 11.2. The number of amidine groups is 1. The van der Waals surface area contributed by atoms with Crippen LogP contribution >= 0.6 is 0 Å².